The molecule has 42 heavy (non-hydrogen) atoms. The molecule has 0 aliphatic rings. The van der Waals surface area contributed by atoms with Crippen molar-refractivity contribution >= 4 is 11.0 Å². The largest absolute Gasteiger partial charge is 0.507 e. The Kier molecular flexibility index (Phi) is 6.32. The van der Waals surface area contributed by atoms with Gasteiger partial charge in [0.05, 0.1) is 22.5 Å². The number of hydrogen-bond donors (Lipinski definition) is 1. The molecule has 7 rings (SSSR count). The molecule has 0 aliphatic heterocycles. The van der Waals surface area contributed by atoms with Crippen molar-refractivity contribution in [3.8, 4) is 61.9 Å². The highest BCUT2D eigenvalue weighted by Gasteiger charge is 2.18. The molecule has 1 N–H and O–H groups in total. The first-order valence-corrected chi connectivity index (χ1v) is 13.9. The number of imidazole rings is 1. The van der Waals surface area contributed by atoms with Crippen molar-refractivity contribution in [3.63, 3.8) is 0 Å². The molecule has 5 nitrogen and oxygen atoms in total. The average Bonchev–Trinajstić information content (AvgIpc) is 3.38. The highest BCUT2D eigenvalue weighted by molar-refractivity contribution is 5.94. The van der Waals surface area contributed by atoms with Crippen molar-refractivity contribution in [1.82, 2.24) is 19.5 Å². The zero-order valence-corrected chi connectivity index (χ0v) is 23.4. The number of nitrogens with zero attached hydrogens (tertiary/aromatic N) is 4. The minimum Gasteiger partial charge on any atom is -0.507 e. The molecule has 202 valence electrons. The molecule has 0 unspecified atom stereocenters. The maximum Gasteiger partial charge on any atom is 0.144 e. The molecule has 0 radical (unpaired) electrons. The van der Waals surface area contributed by atoms with Gasteiger partial charge in [0.15, 0.2) is 0 Å². The van der Waals surface area contributed by atoms with Crippen LogP contribution in [0.15, 0.2) is 128 Å². The van der Waals surface area contributed by atoms with E-state index in [4.69, 9.17) is 15.0 Å². The molecule has 0 bridgehead atoms. The van der Waals surface area contributed by atoms with E-state index in [2.05, 4.69) is 79.7 Å². The lowest BCUT2D eigenvalue weighted by molar-refractivity contribution is 0.476. The summed E-state index contributed by atoms with van der Waals surface area (Å²) in [5, 5.41) is 10.6. The van der Waals surface area contributed by atoms with E-state index in [-0.39, 0.29) is 5.75 Å². The Morgan fingerprint density at radius 2 is 1.29 bits per heavy atom. The number of hydrogen-bond acceptors (Lipinski definition) is 4. The number of fused-ring (bicyclic) bond motifs is 1. The summed E-state index contributed by atoms with van der Waals surface area (Å²) >= 11 is 0. The summed E-state index contributed by atoms with van der Waals surface area (Å²) in [4.78, 5) is 14.7. The van der Waals surface area contributed by atoms with Gasteiger partial charge in [-0.05, 0) is 77.2 Å². The van der Waals surface area contributed by atoms with Gasteiger partial charge in [-0.25, -0.2) is 4.98 Å². The number of aromatic hydroxyl groups is 1. The smallest absolute Gasteiger partial charge is 0.144 e. The molecule has 0 aliphatic carbocycles. The van der Waals surface area contributed by atoms with Crippen LogP contribution in [-0.2, 0) is 7.05 Å². The third kappa shape index (κ3) is 4.51. The Morgan fingerprint density at radius 3 is 2.05 bits per heavy atom. The van der Waals surface area contributed by atoms with Crippen LogP contribution in [0.2, 0.25) is 0 Å². The van der Waals surface area contributed by atoms with Crippen molar-refractivity contribution in [1.29, 1.82) is 0 Å². The second-order valence-electron chi connectivity index (χ2n) is 10.5. The third-order valence-corrected chi connectivity index (χ3v) is 7.74. The summed E-state index contributed by atoms with van der Waals surface area (Å²) in [6, 6.07) is 38.7. The Bertz CT molecular complexity index is 2060. The number of phenols is 1. The van der Waals surface area contributed by atoms with Gasteiger partial charge in [-0.15, -0.1) is 0 Å². The second kappa shape index (κ2) is 10.5. The molecule has 3 heterocycles. The van der Waals surface area contributed by atoms with E-state index in [0.717, 1.165) is 61.4 Å². The van der Waals surface area contributed by atoms with E-state index < -0.39 is 0 Å². The summed E-state index contributed by atoms with van der Waals surface area (Å²) in [6.07, 6.45) is 3.77. The summed E-state index contributed by atoms with van der Waals surface area (Å²) < 4.78 is 2.01. The molecule has 7 aromatic rings. The highest BCUT2D eigenvalue weighted by Crippen LogP contribution is 2.37. The molecule has 5 heteroatoms. The monoisotopic (exact) mass is 544 g/mol. The first kappa shape index (κ1) is 25.4. The number of para-hydroxylation sites is 1. The number of aromatic nitrogens is 4. The lowest BCUT2D eigenvalue weighted by Crippen LogP contribution is -1.93. The number of phenolic OH excluding ortho intramolecular Hbond substituents is 1. The zero-order chi connectivity index (χ0) is 28.6. The van der Waals surface area contributed by atoms with Crippen molar-refractivity contribution in [2.75, 3.05) is 0 Å². The summed E-state index contributed by atoms with van der Waals surface area (Å²) in [5.41, 5.74) is 11.6. The van der Waals surface area contributed by atoms with Crippen LogP contribution in [0.3, 0.4) is 0 Å². The lowest BCUT2D eigenvalue weighted by atomic mass is 9.94. The van der Waals surface area contributed by atoms with Gasteiger partial charge in [-0.2, -0.15) is 0 Å². The Balaban J connectivity index is 1.44. The van der Waals surface area contributed by atoms with Crippen molar-refractivity contribution in [3.05, 3.63) is 133 Å². The minimum absolute atomic E-state index is 0.193. The van der Waals surface area contributed by atoms with Gasteiger partial charge in [-0.3, -0.25) is 9.97 Å². The van der Waals surface area contributed by atoms with Crippen LogP contribution in [0.1, 0.15) is 5.56 Å². The predicted molar refractivity (Wildman–Crippen MR) is 170 cm³/mol. The first-order chi connectivity index (χ1) is 20.6. The van der Waals surface area contributed by atoms with E-state index in [9.17, 15) is 5.11 Å². The number of aryl methyl sites for hydroxylation is 2. The van der Waals surface area contributed by atoms with Gasteiger partial charge < -0.3 is 9.67 Å². The van der Waals surface area contributed by atoms with Crippen LogP contribution in [0, 0.1) is 6.92 Å². The van der Waals surface area contributed by atoms with Crippen LogP contribution in [0.4, 0.5) is 0 Å². The molecule has 0 saturated heterocycles. The summed E-state index contributed by atoms with van der Waals surface area (Å²) in [5.74, 6) is 0.878. The minimum atomic E-state index is 0.193. The second-order valence-corrected chi connectivity index (χ2v) is 10.5. The van der Waals surface area contributed by atoms with Crippen molar-refractivity contribution in [2.45, 2.75) is 6.92 Å². The van der Waals surface area contributed by atoms with Crippen molar-refractivity contribution < 1.29 is 5.11 Å². The normalized spacial score (nSPS) is 11.2. The third-order valence-electron chi connectivity index (χ3n) is 7.74. The summed E-state index contributed by atoms with van der Waals surface area (Å²) in [7, 11) is 1.97. The quantitative estimate of drug-likeness (QED) is 0.235. The van der Waals surface area contributed by atoms with Gasteiger partial charge in [-0.1, -0.05) is 72.8 Å². The molecule has 0 amide bonds. The fourth-order valence-electron chi connectivity index (χ4n) is 5.55. The van der Waals surface area contributed by atoms with E-state index in [1.54, 1.807) is 6.07 Å². The van der Waals surface area contributed by atoms with E-state index >= 15 is 0 Å². The average molecular weight is 545 g/mol. The number of rotatable bonds is 5. The molecule has 0 spiro atoms. The van der Waals surface area contributed by atoms with E-state index in [1.165, 1.54) is 0 Å². The molecular weight excluding hydrogens is 516 g/mol. The van der Waals surface area contributed by atoms with E-state index in [1.807, 2.05) is 60.4 Å². The van der Waals surface area contributed by atoms with Crippen LogP contribution in [0.5, 0.6) is 5.75 Å². The standard InChI is InChI=1S/C37H28N4O/c1-24-23-39-32(22-31(24)26-13-7-4-8-14-26)28-19-27(25-11-5-3-6-12-25)20-29(21-28)35-36-33(17-18-38-35)41(2)37(40-36)30-15-9-10-16-34(30)42/h3-23,42H,1-2H3. The Hall–Kier alpha value is -5.55. The SMILES string of the molecule is Cc1cnc(-c2cc(-c3ccccc3)cc(-c3nccc4c3nc(-c3ccccc3O)n4C)c2)cc1-c1ccccc1. The fourth-order valence-corrected chi connectivity index (χ4v) is 5.55. The topological polar surface area (TPSA) is 63.8 Å². The number of pyridine rings is 2. The Morgan fingerprint density at radius 1 is 0.619 bits per heavy atom. The molecule has 0 saturated carbocycles. The van der Waals surface area contributed by atoms with Gasteiger partial charge in [0.1, 0.15) is 17.1 Å². The fraction of sp³-hybridized carbons (Fsp3) is 0.0541. The molecule has 4 aromatic carbocycles. The molecule has 3 aromatic heterocycles. The summed E-state index contributed by atoms with van der Waals surface area (Å²) in [6.45, 7) is 2.10. The molecular formula is C37H28N4O. The van der Waals surface area contributed by atoms with E-state index in [0.29, 0.717) is 11.4 Å². The highest BCUT2D eigenvalue weighted by atomic mass is 16.3. The lowest BCUT2D eigenvalue weighted by Gasteiger charge is -2.13. The maximum absolute atomic E-state index is 10.6. The van der Waals surface area contributed by atoms with Gasteiger partial charge in [0, 0.05) is 30.6 Å². The predicted octanol–water partition coefficient (Wildman–Crippen LogP) is 8.71. The molecule has 0 atom stereocenters. The van der Waals surface area contributed by atoms with Crippen molar-refractivity contribution in [2.24, 2.45) is 7.05 Å². The first-order valence-electron chi connectivity index (χ1n) is 13.9. The van der Waals surface area contributed by atoms with Gasteiger partial charge >= 0.3 is 0 Å². The van der Waals surface area contributed by atoms with Crippen LogP contribution in [-0.4, -0.2) is 24.6 Å². The van der Waals surface area contributed by atoms with Crippen LogP contribution < -0.4 is 0 Å². The van der Waals surface area contributed by atoms with Crippen LogP contribution in [0.25, 0.3) is 67.2 Å². The molecule has 0 fully saturated rings. The Labute approximate surface area is 244 Å². The van der Waals surface area contributed by atoms with Gasteiger partial charge in [0.2, 0.25) is 0 Å². The zero-order valence-electron chi connectivity index (χ0n) is 23.4. The number of benzene rings is 4. The van der Waals surface area contributed by atoms with Gasteiger partial charge in [0.25, 0.3) is 0 Å². The maximum atomic E-state index is 10.6. The van der Waals surface area contributed by atoms with Crippen LogP contribution >= 0.6 is 0 Å².